The highest BCUT2D eigenvalue weighted by Crippen LogP contribution is 2.24. The lowest BCUT2D eigenvalue weighted by atomic mass is 10.1. The summed E-state index contributed by atoms with van der Waals surface area (Å²) in [6, 6.07) is 6.15. The number of anilines is 1. The summed E-state index contributed by atoms with van der Waals surface area (Å²) < 4.78 is 0. The van der Waals surface area contributed by atoms with E-state index in [1.54, 1.807) is 6.07 Å². The molecule has 94 valence electrons. The second kappa shape index (κ2) is 5.94. The largest absolute Gasteiger partial charge is 0.382 e. The van der Waals surface area contributed by atoms with Crippen molar-refractivity contribution in [3.8, 4) is 0 Å². The Labute approximate surface area is 113 Å². The third-order valence-electron chi connectivity index (χ3n) is 3.19. The van der Waals surface area contributed by atoms with Crippen LogP contribution in [-0.2, 0) is 0 Å². The van der Waals surface area contributed by atoms with Gasteiger partial charge in [-0.3, -0.25) is 0 Å². The Hall–Kier alpha value is -0.440. The molecule has 0 aliphatic carbocycles. The van der Waals surface area contributed by atoms with Crippen molar-refractivity contribution in [2.75, 3.05) is 25.5 Å². The Morgan fingerprint density at radius 2 is 1.82 bits per heavy atom. The molecule has 1 aliphatic heterocycles. The molecule has 1 saturated heterocycles. The van der Waals surface area contributed by atoms with Crippen molar-refractivity contribution in [2.24, 2.45) is 0 Å². The second-order valence-electron chi connectivity index (χ2n) is 4.73. The van der Waals surface area contributed by atoms with E-state index in [4.69, 9.17) is 23.2 Å². The van der Waals surface area contributed by atoms with Crippen LogP contribution >= 0.6 is 23.2 Å². The Bertz CT molecular complexity index is 361. The van der Waals surface area contributed by atoms with Gasteiger partial charge in [-0.05, 0) is 57.6 Å². The molecule has 1 aromatic rings. The minimum Gasteiger partial charge on any atom is -0.382 e. The van der Waals surface area contributed by atoms with Crippen LogP contribution in [0.5, 0.6) is 0 Å². The fourth-order valence-electron chi connectivity index (χ4n) is 2.26. The third-order valence-corrected chi connectivity index (χ3v) is 3.62. The number of hydrogen-bond acceptors (Lipinski definition) is 2. The standard InChI is InChI=1S/C13H18Cl2N2/c1-17-5-2-3-12(4-6-17)16-13-8-10(14)7-11(15)9-13/h7-9,12,16H,2-6H2,1H3. The average molecular weight is 273 g/mol. The summed E-state index contributed by atoms with van der Waals surface area (Å²) in [7, 11) is 2.18. The van der Waals surface area contributed by atoms with E-state index < -0.39 is 0 Å². The van der Waals surface area contributed by atoms with Crippen molar-refractivity contribution in [1.82, 2.24) is 4.90 Å². The van der Waals surface area contributed by atoms with Gasteiger partial charge in [0.05, 0.1) is 0 Å². The molecule has 1 atom stereocenters. The Morgan fingerprint density at radius 1 is 1.12 bits per heavy atom. The van der Waals surface area contributed by atoms with Gasteiger partial charge in [-0.25, -0.2) is 0 Å². The summed E-state index contributed by atoms with van der Waals surface area (Å²) in [5, 5.41) is 4.90. The zero-order valence-corrected chi connectivity index (χ0v) is 11.6. The third kappa shape index (κ3) is 4.06. The molecule has 0 amide bonds. The molecule has 1 aliphatic rings. The Balaban J connectivity index is 1.99. The SMILES string of the molecule is CN1CCCC(Nc2cc(Cl)cc(Cl)c2)CC1. The van der Waals surface area contributed by atoms with E-state index >= 15 is 0 Å². The first-order valence-corrected chi connectivity index (χ1v) is 6.80. The van der Waals surface area contributed by atoms with Crippen LogP contribution in [0.4, 0.5) is 5.69 Å². The van der Waals surface area contributed by atoms with Crippen molar-refractivity contribution in [3.05, 3.63) is 28.2 Å². The topological polar surface area (TPSA) is 15.3 Å². The summed E-state index contributed by atoms with van der Waals surface area (Å²) >= 11 is 12.0. The number of nitrogens with one attached hydrogen (secondary N) is 1. The minimum absolute atomic E-state index is 0.523. The van der Waals surface area contributed by atoms with Gasteiger partial charge in [0.15, 0.2) is 0 Å². The maximum atomic E-state index is 5.99. The quantitative estimate of drug-likeness (QED) is 0.879. The van der Waals surface area contributed by atoms with Gasteiger partial charge in [0.2, 0.25) is 0 Å². The van der Waals surface area contributed by atoms with Gasteiger partial charge in [0.25, 0.3) is 0 Å². The van der Waals surface area contributed by atoms with Gasteiger partial charge in [-0.2, -0.15) is 0 Å². The number of nitrogens with zero attached hydrogens (tertiary/aromatic N) is 1. The number of rotatable bonds is 2. The molecule has 0 radical (unpaired) electrons. The minimum atomic E-state index is 0.523. The molecule has 0 aromatic heterocycles. The molecule has 4 heteroatoms. The molecular weight excluding hydrogens is 255 g/mol. The molecule has 0 spiro atoms. The van der Waals surface area contributed by atoms with Crippen LogP contribution in [0.25, 0.3) is 0 Å². The van der Waals surface area contributed by atoms with Crippen LogP contribution < -0.4 is 5.32 Å². The number of hydrogen-bond donors (Lipinski definition) is 1. The highest BCUT2D eigenvalue weighted by molar-refractivity contribution is 6.35. The fraction of sp³-hybridized carbons (Fsp3) is 0.538. The molecule has 1 heterocycles. The lowest BCUT2D eigenvalue weighted by Gasteiger charge is -2.18. The molecule has 2 nitrogen and oxygen atoms in total. The van der Waals surface area contributed by atoms with Crippen LogP contribution in [0.15, 0.2) is 18.2 Å². The maximum absolute atomic E-state index is 5.99. The summed E-state index contributed by atoms with van der Waals surface area (Å²) in [6.45, 7) is 2.33. The smallest absolute Gasteiger partial charge is 0.0441 e. The summed E-state index contributed by atoms with van der Waals surface area (Å²) in [4.78, 5) is 2.38. The predicted molar refractivity (Wildman–Crippen MR) is 75.2 cm³/mol. The van der Waals surface area contributed by atoms with Crippen molar-refractivity contribution in [2.45, 2.75) is 25.3 Å². The van der Waals surface area contributed by atoms with Crippen LogP contribution in [0.2, 0.25) is 10.0 Å². The van der Waals surface area contributed by atoms with Crippen LogP contribution in [0.3, 0.4) is 0 Å². The van der Waals surface area contributed by atoms with Crippen molar-refractivity contribution in [3.63, 3.8) is 0 Å². The van der Waals surface area contributed by atoms with Gasteiger partial charge in [-0.1, -0.05) is 23.2 Å². The fourth-order valence-corrected chi connectivity index (χ4v) is 2.78. The lowest BCUT2D eigenvalue weighted by Crippen LogP contribution is -2.22. The van der Waals surface area contributed by atoms with Crippen LogP contribution in [0.1, 0.15) is 19.3 Å². The molecule has 2 rings (SSSR count). The molecule has 1 fully saturated rings. The summed E-state index contributed by atoms with van der Waals surface area (Å²) in [5.41, 5.74) is 1.03. The van der Waals surface area contributed by atoms with Gasteiger partial charge in [-0.15, -0.1) is 0 Å². The van der Waals surface area contributed by atoms with Crippen molar-refractivity contribution >= 4 is 28.9 Å². The highest BCUT2D eigenvalue weighted by Gasteiger charge is 2.14. The van der Waals surface area contributed by atoms with Gasteiger partial charge < -0.3 is 10.2 Å². The zero-order chi connectivity index (χ0) is 12.3. The van der Waals surface area contributed by atoms with Crippen molar-refractivity contribution in [1.29, 1.82) is 0 Å². The highest BCUT2D eigenvalue weighted by atomic mass is 35.5. The Kier molecular flexibility index (Phi) is 4.55. The molecule has 17 heavy (non-hydrogen) atoms. The molecule has 0 bridgehead atoms. The van der Waals surface area contributed by atoms with E-state index in [0.29, 0.717) is 16.1 Å². The second-order valence-corrected chi connectivity index (χ2v) is 5.61. The predicted octanol–water partition coefficient (Wildman–Crippen LogP) is 3.89. The van der Waals surface area contributed by atoms with Crippen molar-refractivity contribution < 1.29 is 0 Å². The van der Waals surface area contributed by atoms with E-state index in [2.05, 4.69) is 17.3 Å². The molecule has 1 N–H and O–H groups in total. The number of halogens is 2. The van der Waals surface area contributed by atoms with Gasteiger partial charge in [0, 0.05) is 21.8 Å². The molecular formula is C13H18Cl2N2. The monoisotopic (exact) mass is 272 g/mol. The van der Waals surface area contributed by atoms with E-state index in [0.717, 1.165) is 12.2 Å². The van der Waals surface area contributed by atoms with Gasteiger partial charge in [0.1, 0.15) is 0 Å². The first-order chi connectivity index (χ1) is 8.13. The normalized spacial score (nSPS) is 22.2. The lowest BCUT2D eigenvalue weighted by molar-refractivity contribution is 0.348. The molecule has 1 aromatic carbocycles. The van der Waals surface area contributed by atoms with E-state index in [1.807, 2.05) is 12.1 Å². The average Bonchev–Trinajstić information content (AvgIpc) is 2.42. The molecule has 0 saturated carbocycles. The van der Waals surface area contributed by atoms with E-state index in [9.17, 15) is 0 Å². The number of benzene rings is 1. The van der Waals surface area contributed by atoms with Gasteiger partial charge >= 0.3 is 0 Å². The summed E-state index contributed by atoms with van der Waals surface area (Å²) in [6.07, 6.45) is 3.61. The number of likely N-dealkylation sites (tertiary alicyclic amines) is 1. The zero-order valence-electron chi connectivity index (χ0n) is 10.0. The first kappa shape index (κ1) is 13.0. The van der Waals surface area contributed by atoms with E-state index in [1.165, 1.54) is 25.8 Å². The molecule has 1 unspecified atom stereocenters. The van der Waals surface area contributed by atoms with E-state index in [-0.39, 0.29) is 0 Å². The van der Waals surface area contributed by atoms with Crippen LogP contribution in [-0.4, -0.2) is 31.1 Å². The van der Waals surface area contributed by atoms with Crippen LogP contribution in [0, 0.1) is 0 Å². The summed E-state index contributed by atoms with van der Waals surface area (Å²) in [5.74, 6) is 0. The first-order valence-electron chi connectivity index (χ1n) is 6.04. The maximum Gasteiger partial charge on any atom is 0.0441 e. The Morgan fingerprint density at radius 3 is 2.53 bits per heavy atom.